The molecular weight excluding hydrogens is 857 g/mol. The zero-order valence-corrected chi connectivity index (χ0v) is 38.7. The van der Waals surface area contributed by atoms with Crippen LogP contribution in [0.5, 0.6) is 0 Å². The Kier molecular flexibility index (Phi) is 13.5. The van der Waals surface area contributed by atoms with Crippen molar-refractivity contribution in [2.75, 3.05) is 26.4 Å². The molecule has 0 N–H and O–H groups in total. The van der Waals surface area contributed by atoms with Gasteiger partial charge in [0.25, 0.3) is 0 Å². The number of hydrogen-bond acceptors (Lipinski definition) is 12. The first-order valence-corrected chi connectivity index (χ1v) is 22.6. The molecule has 0 saturated carbocycles. The van der Waals surface area contributed by atoms with Gasteiger partial charge in [0.2, 0.25) is 11.3 Å². The summed E-state index contributed by atoms with van der Waals surface area (Å²) < 4.78 is 21.3. The van der Waals surface area contributed by atoms with Gasteiger partial charge >= 0.3 is 23.9 Å². The third kappa shape index (κ3) is 8.68. The Morgan fingerprint density at radius 2 is 0.574 bits per heavy atom. The normalized spacial score (nSPS) is 14.5. The molecule has 342 valence electrons. The first-order valence-electron chi connectivity index (χ1n) is 22.6. The van der Waals surface area contributed by atoms with E-state index >= 15 is 0 Å². The number of benzene rings is 6. The van der Waals surface area contributed by atoms with E-state index in [9.17, 15) is 19.2 Å². The van der Waals surface area contributed by atoms with Crippen molar-refractivity contribution in [3.63, 3.8) is 0 Å². The van der Waals surface area contributed by atoms with Gasteiger partial charge in [-0.05, 0) is 101 Å². The molecule has 0 unspecified atom stereocenters. The van der Waals surface area contributed by atoms with Crippen LogP contribution in [-0.2, 0) is 30.3 Å². The highest BCUT2D eigenvalue weighted by atomic mass is 16.5. The number of carbonyl (C=O) groups excluding carboxylic acids is 4. The van der Waals surface area contributed by atoms with Crippen molar-refractivity contribution in [3.05, 3.63) is 212 Å². The van der Waals surface area contributed by atoms with Crippen molar-refractivity contribution in [1.29, 1.82) is 0 Å². The highest BCUT2D eigenvalue weighted by molar-refractivity contribution is 6.56. The Balaban J connectivity index is 1.47. The fourth-order valence-corrected chi connectivity index (χ4v) is 8.48. The largest absolute Gasteiger partial charge is 0.462 e. The predicted molar refractivity (Wildman–Crippen MR) is 261 cm³/mol. The molecule has 6 aromatic rings. The number of carbonyl (C=O) groups is 4. The molecule has 6 aromatic carbocycles. The Labute approximate surface area is 395 Å². The van der Waals surface area contributed by atoms with Gasteiger partial charge in [0.15, 0.2) is 0 Å². The van der Waals surface area contributed by atoms with Crippen LogP contribution in [0.1, 0.15) is 114 Å². The fraction of sp³-hybridized carbons (Fsp3) is 0.214. The molecule has 0 atom stereocenters. The zero-order valence-electron chi connectivity index (χ0n) is 38.7. The highest BCUT2D eigenvalue weighted by Gasteiger charge is 2.61. The molecule has 0 saturated heterocycles. The van der Waals surface area contributed by atoms with Crippen LogP contribution in [0.4, 0.5) is 0 Å². The number of nitrogens with zero attached hydrogens (tertiary/aromatic N) is 4. The molecule has 0 bridgehead atoms. The standard InChI is InChI=1S/C56H50N4O8/c1-7-65-51(61)41-27-19-37(20-28-41)47-48(38-21-29-42(30-22-38)52(62)66-8-2)58-55(57-47,45-17-13-11-15-35(45)5)56(46-18-14-12-16-36(46)6)59-49(39-23-31-43(32-24-39)53(63)67-9-3)50(60-56)40-25-33-44(34-26-40)54(64)68-10-4/h11-34H,7-10H2,1-6H3. The predicted octanol–water partition coefficient (Wildman–Crippen LogP) is 10.0. The number of aliphatic imine (C=N–C) groups is 4. The Morgan fingerprint density at radius 3 is 0.779 bits per heavy atom. The van der Waals surface area contributed by atoms with Crippen LogP contribution >= 0.6 is 0 Å². The van der Waals surface area contributed by atoms with Gasteiger partial charge in [-0.15, -0.1) is 0 Å². The average Bonchev–Trinajstić information content (AvgIpc) is 3.97. The summed E-state index contributed by atoms with van der Waals surface area (Å²) in [6, 6.07) is 43.9. The maximum atomic E-state index is 12.9. The number of aryl methyl sites for hydroxylation is 2. The number of esters is 4. The van der Waals surface area contributed by atoms with Crippen molar-refractivity contribution in [2.24, 2.45) is 20.0 Å². The molecule has 12 nitrogen and oxygen atoms in total. The molecule has 0 fully saturated rings. The summed E-state index contributed by atoms with van der Waals surface area (Å²) in [7, 11) is 0. The van der Waals surface area contributed by atoms with Crippen LogP contribution in [0.2, 0.25) is 0 Å². The maximum Gasteiger partial charge on any atom is 0.338 e. The van der Waals surface area contributed by atoms with E-state index in [0.717, 1.165) is 11.1 Å². The molecular formula is C56H50N4O8. The molecule has 8 rings (SSSR count). The Morgan fingerprint density at radius 1 is 0.353 bits per heavy atom. The van der Waals surface area contributed by atoms with Crippen molar-refractivity contribution in [3.8, 4) is 0 Å². The van der Waals surface area contributed by atoms with Crippen molar-refractivity contribution in [2.45, 2.75) is 52.9 Å². The highest BCUT2D eigenvalue weighted by Crippen LogP contribution is 2.55. The first kappa shape index (κ1) is 46.4. The van der Waals surface area contributed by atoms with E-state index in [4.69, 9.17) is 38.9 Å². The van der Waals surface area contributed by atoms with Gasteiger partial charge in [0.1, 0.15) is 0 Å². The molecule has 0 spiro atoms. The van der Waals surface area contributed by atoms with Crippen LogP contribution in [0.15, 0.2) is 166 Å². The molecule has 0 amide bonds. The number of rotatable bonds is 15. The molecule has 2 aliphatic rings. The minimum Gasteiger partial charge on any atom is -0.462 e. The van der Waals surface area contributed by atoms with E-state index in [1.807, 2.05) is 111 Å². The van der Waals surface area contributed by atoms with E-state index in [1.165, 1.54) is 0 Å². The van der Waals surface area contributed by atoms with E-state index in [0.29, 0.717) is 78.5 Å². The Bertz CT molecular complexity index is 2660. The van der Waals surface area contributed by atoms with Gasteiger partial charge in [-0.3, -0.25) is 0 Å². The van der Waals surface area contributed by atoms with Crippen molar-refractivity contribution < 1.29 is 38.1 Å². The minimum absolute atomic E-state index is 0.224. The molecule has 12 heteroatoms. The van der Waals surface area contributed by atoms with E-state index in [2.05, 4.69) is 0 Å². The topological polar surface area (TPSA) is 155 Å². The zero-order chi connectivity index (χ0) is 48.0. The molecule has 2 aliphatic heterocycles. The van der Waals surface area contributed by atoms with Gasteiger partial charge < -0.3 is 18.9 Å². The van der Waals surface area contributed by atoms with Crippen LogP contribution < -0.4 is 0 Å². The van der Waals surface area contributed by atoms with Crippen molar-refractivity contribution in [1.82, 2.24) is 0 Å². The van der Waals surface area contributed by atoms with Gasteiger partial charge in [0, 0.05) is 33.4 Å². The van der Waals surface area contributed by atoms with Crippen LogP contribution in [-0.4, -0.2) is 73.2 Å². The van der Waals surface area contributed by atoms with Crippen LogP contribution in [0, 0.1) is 13.8 Å². The van der Waals surface area contributed by atoms with Crippen LogP contribution in [0.25, 0.3) is 0 Å². The van der Waals surface area contributed by atoms with E-state index in [1.54, 1.807) is 76.2 Å². The van der Waals surface area contributed by atoms with E-state index in [-0.39, 0.29) is 26.4 Å². The summed E-state index contributed by atoms with van der Waals surface area (Å²) in [6.07, 6.45) is 0. The summed E-state index contributed by atoms with van der Waals surface area (Å²) in [6.45, 7) is 11.9. The monoisotopic (exact) mass is 906 g/mol. The second-order valence-corrected chi connectivity index (χ2v) is 16.0. The summed E-state index contributed by atoms with van der Waals surface area (Å²) in [5, 5.41) is 0. The lowest BCUT2D eigenvalue weighted by Gasteiger charge is -2.39. The second-order valence-electron chi connectivity index (χ2n) is 16.0. The minimum atomic E-state index is -1.67. The summed E-state index contributed by atoms with van der Waals surface area (Å²) in [5.41, 5.74) is 5.84. The first-order chi connectivity index (χ1) is 33.0. The van der Waals surface area contributed by atoms with Gasteiger partial charge in [0.05, 0.1) is 71.5 Å². The summed E-state index contributed by atoms with van der Waals surface area (Å²) >= 11 is 0. The molecule has 68 heavy (non-hydrogen) atoms. The summed E-state index contributed by atoms with van der Waals surface area (Å²) in [5.74, 6) is -1.82. The molecule has 2 heterocycles. The third-order valence-corrected chi connectivity index (χ3v) is 11.7. The van der Waals surface area contributed by atoms with Crippen LogP contribution in [0.3, 0.4) is 0 Å². The maximum absolute atomic E-state index is 12.9. The lowest BCUT2D eigenvalue weighted by Crippen LogP contribution is -2.44. The lowest BCUT2D eigenvalue weighted by molar-refractivity contribution is 0.0516. The van der Waals surface area contributed by atoms with E-state index < -0.39 is 35.2 Å². The smallest absolute Gasteiger partial charge is 0.338 e. The van der Waals surface area contributed by atoms with Gasteiger partial charge in [-0.25, -0.2) is 39.1 Å². The second kappa shape index (κ2) is 19.8. The summed E-state index contributed by atoms with van der Waals surface area (Å²) in [4.78, 5) is 74.7. The number of hydrogen-bond donors (Lipinski definition) is 0. The average molecular weight is 907 g/mol. The third-order valence-electron chi connectivity index (χ3n) is 11.7. The quantitative estimate of drug-likeness (QED) is 0.0729. The SMILES string of the molecule is CCOC(=O)c1ccc(C2=NC(c3ccccc3C)(C3(c4ccccc4C)N=C(c4ccc(C(=O)OCC)cc4)C(c4ccc(C(=O)OCC)cc4)=N3)N=C2c2ccc(C(=O)OCC)cc2)cc1. The van der Waals surface area contributed by atoms with Gasteiger partial charge in [-0.1, -0.05) is 97.1 Å². The number of ether oxygens (including phenoxy) is 4. The van der Waals surface area contributed by atoms with Gasteiger partial charge in [-0.2, -0.15) is 0 Å². The molecule has 0 aliphatic carbocycles. The van der Waals surface area contributed by atoms with Crippen molar-refractivity contribution >= 4 is 46.7 Å². The molecule has 0 radical (unpaired) electrons. The Hall–Kier alpha value is -8.12. The lowest BCUT2D eigenvalue weighted by atomic mass is 9.79. The fourth-order valence-electron chi connectivity index (χ4n) is 8.48. The molecule has 0 aromatic heterocycles.